The molecule has 0 spiro atoms. The lowest BCUT2D eigenvalue weighted by molar-refractivity contribution is 0.170. The molecule has 11 heteroatoms. The zero-order valence-electron chi connectivity index (χ0n) is 20.0. The van der Waals surface area contributed by atoms with Gasteiger partial charge in [0.2, 0.25) is 11.8 Å². The van der Waals surface area contributed by atoms with Crippen molar-refractivity contribution in [2.24, 2.45) is 0 Å². The highest BCUT2D eigenvalue weighted by Gasteiger charge is 2.35. The van der Waals surface area contributed by atoms with Crippen LogP contribution < -0.4 is 15.0 Å². The van der Waals surface area contributed by atoms with Crippen LogP contribution in [0.3, 0.4) is 0 Å². The SMILES string of the molecule is COCCCOc1cc(Nc2cc(C)[nH]n2)nc(N2CC[C@H]2c2cc(-c3cccnc3C)no2)n1. The summed E-state index contributed by atoms with van der Waals surface area (Å²) in [7, 11) is 1.67. The van der Waals surface area contributed by atoms with Crippen molar-refractivity contribution in [3.05, 3.63) is 53.7 Å². The van der Waals surface area contributed by atoms with Crippen LogP contribution in [0, 0.1) is 13.8 Å². The number of nitrogens with zero attached hydrogens (tertiary/aromatic N) is 6. The molecule has 0 aromatic carbocycles. The van der Waals surface area contributed by atoms with E-state index in [1.807, 2.05) is 38.1 Å². The summed E-state index contributed by atoms with van der Waals surface area (Å²) < 4.78 is 16.7. The molecule has 5 heterocycles. The summed E-state index contributed by atoms with van der Waals surface area (Å²) >= 11 is 0. The first-order chi connectivity index (χ1) is 17.1. The van der Waals surface area contributed by atoms with Crippen molar-refractivity contribution in [3.63, 3.8) is 0 Å². The lowest BCUT2D eigenvalue weighted by Crippen LogP contribution is -2.42. The molecule has 182 valence electrons. The maximum absolute atomic E-state index is 5.90. The predicted octanol–water partition coefficient (Wildman–Crippen LogP) is 3.98. The van der Waals surface area contributed by atoms with E-state index in [2.05, 4.69) is 35.5 Å². The lowest BCUT2D eigenvalue weighted by atomic mass is 10.00. The van der Waals surface area contributed by atoms with E-state index in [9.17, 15) is 0 Å². The Balaban J connectivity index is 1.38. The van der Waals surface area contributed by atoms with Crippen LogP contribution in [0.4, 0.5) is 17.6 Å². The lowest BCUT2D eigenvalue weighted by Gasteiger charge is -2.39. The molecular formula is C24H28N8O3. The van der Waals surface area contributed by atoms with Crippen molar-refractivity contribution in [2.75, 3.05) is 37.1 Å². The van der Waals surface area contributed by atoms with Gasteiger partial charge in [-0.15, -0.1) is 0 Å². The van der Waals surface area contributed by atoms with Crippen LogP contribution in [-0.4, -0.2) is 57.2 Å². The monoisotopic (exact) mass is 476 g/mol. The van der Waals surface area contributed by atoms with Crippen LogP contribution in [0.15, 0.2) is 41.1 Å². The number of hydrogen-bond donors (Lipinski definition) is 2. The third-order valence-corrected chi connectivity index (χ3v) is 5.81. The molecule has 1 saturated heterocycles. The van der Waals surface area contributed by atoms with Gasteiger partial charge >= 0.3 is 0 Å². The predicted molar refractivity (Wildman–Crippen MR) is 130 cm³/mol. The van der Waals surface area contributed by atoms with Crippen LogP contribution in [0.1, 0.15) is 36.0 Å². The first-order valence-corrected chi connectivity index (χ1v) is 11.6. The van der Waals surface area contributed by atoms with Gasteiger partial charge < -0.3 is 24.2 Å². The van der Waals surface area contributed by atoms with Crippen molar-refractivity contribution >= 4 is 17.6 Å². The molecule has 11 nitrogen and oxygen atoms in total. The fourth-order valence-electron chi connectivity index (χ4n) is 3.92. The Morgan fingerprint density at radius 3 is 2.83 bits per heavy atom. The molecule has 0 aliphatic carbocycles. The first-order valence-electron chi connectivity index (χ1n) is 11.6. The number of pyridine rings is 1. The van der Waals surface area contributed by atoms with Gasteiger partial charge in [-0.25, -0.2) is 0 Å². The summed E-state index contributed by atoms with van der Waals surface area (Å²) in [6.07, 6.45) is 3.44. The van der Waals surface area contributed by atoms with Gasteiger partial charge in [-0.2, -0.15) is 15.1 Å². The molecule has 1 aliphatic heterocycles. The number of anilines is 3. The average Bonchev–Trinajstić information content (AvgIpc) is 3.45. The van der Waals surface area contributed by atoms with Gasteiger partial charge in [0.15, 0.2) is 11.6 Å². The molecule has 0 saturated carbocycles. The number of ether oxygens (including phenoxy) is 2. The molecule has 1 aliphatic rings. The average molecular weight is 477 g/mol. The maximum Gasteiger partial charge on any atom is 0.231 e. The van der Waals surface area contributed by atoms with Gasteiger partial charge in [-0.3, -0.25) is 10.1 Å². The van der Waals surface area contributed by atoms with E-state index in [-0.39, 0.29) is 6.04 Å². The topological polar surface area (TPSA) is 127 Å². The highest BCUT2D eigenvalue weighted by molar-refractivity contribution is 5.62. The minimum atomic E-state index is -0.0163. The van der Waals surface area contributed by atoms with Crippen LogP contribution >= 0.6 is 0 Å². The van der Waals surface area contributed by atoms with Gasteiger partial charge in [-0.1, -0.05) is 5.16 Å². The zero-order chi connectivity index (χ0) is 24.2. The highest BCUT2D eigenvalue weighted by Crippen LogP contribution is 2.38. The van der Waals surface area contributed by atoms with E-state index < -0.39 is 0 Å². The number of H-pyrrole nitrogens is 1. The highest BCUT2D eigenvalue weighted by atomic mass is 16.5. The quantitative estimate of drug-likeness (QED) is 0.324. The minimum Gasteiger partial charge on any atom is -0.477 e. The first kappa shape index (κ1) is 22.8. The summed E-state index contributed by atoms with van der Waals surface area (Å²) in [6.45, 7) is 5.80. The third-order valence-electron chi connectivity index (χ3n) is 5.81. The maximum atomic E-state index is 5.90. The molecule has 0 bridgehead atoms. The van der Waals surface area contributed by atoms with Crippen molar-refractivity contribution in [2.45, 2.75) is 32.7 Å². The Bertz CT molecular complexity index is 1290. The summed E-state index contributed by atoms with van der Waals surface area (Å²) in [4.78, 5) is 15.8. The van der Waals surface area contributed by atoms with Crippen molar-refractivity contribution in [1.82, 2.24) is 30.3 Å². The summed E-state index contributed by atoms with van der Waals surface area (Å²) in [5, 5.41) is 14.7. The Kier molecular flexibility index (Phi) is 6.57. The van der Waals surface area contributed by atoms with Crippen LogP contribution in [0.25, 0.3) is 11.3 Å². The second-order valence-corrected chi connectivity index (χ2v) is 8.40. The molecule has 0 unspecified atom stereocenters. The number of nitrogens with one attached hydrogen (secondary N) is 2. The fourth-order valence-corrected chi connectivity index (χ4v) is 3.92. The number of aromatic amines is 1. The second kappa shape index (κ2) is 10.1. The normalized spacial score (nSPS) is 15.2. The number of aromatic nitrogens is 6. The number of rotatable bonds is 10. The Morgan fingerprint density at radius 1 is 1.17 bits per heavy atom. The Morgan fingerprint density at radius 2 is 2.09 bits per heavy atom. The van der Waals surface area contributed by atoms with Crippen LogP contribution in [0.2, 0.25) is 0 Å². The van der Waals surface area contributed by atoms with E-state index in [0.717, 1.165) is 47.8 Å². The Hall–Kier alpha value is -3.99. The smallest absolute Gasteiger partial charge is 0.231 e. The van der Waals surface area contributed by atoms with E-state index in [1.54, 1.807) is 19.4 Å². The van der Waals surface area contributed by atoms with E-state index in [0.29, 0.717) is 36.7 Å². The van der Waals surface area contributed by atoms with Crippen LogP contribution in [0.5, 0.6) is 5.88 Å². The summed E-state index contributed by atoms with van der Waals surface area (Å²) in [6, 6.07) is 9.52. The largest absolute Gasteiger partial charge is 0.477 e. The van der Waals surface area contributed by atoms with Crippen molar-refractivity contribution in [3.8, 4) is 17.1 Å². The summed E-state index contributed by atoms with van der Waals surface area (Å²) in [5.41, 5.74) is 3.58. The zero-order valence-corrected chi connectivity index (χ0v) is 20.0. The van der Waals surface area contributed by atoms with E-state index in [4.69, 9.17) is 19.0 Å². The number of hydrogen-bond acceptors (Lipinski definition) is 10. The summed E-state index contributed by atoms with van der Waals surface area (Å²) in [5.74, 6) is 3.07. The van der Waals surface area contributed by atoms with Gasteiger partial charge in [-0.05, 0) is 32.4 Å². The molecule has 4 aromatic rings. The van der Waals surface area contributed by atoms with Gasteiger partial charge in [0.25, 0.3) is 0 Å². The molecule has 4 aromatic heterocycles. The molecule has 5 rings (SSSR count). The van der Waals surface area contributed by atoms with Gasteiger partial charge in [0, 0.05) is 68.0 Å². The molecule has 1 fully saturated rings. The van der Waals surface area contributed by atoms with E-state index >= 15 is 0 Å². The van der Waals surface area contributed by atoms with Crippen molar-refractivity contribution in [1.29, 1.82) is 0 Å². The second-order valence-electron chi connectivity index (χ2n) is 8.40. The molecule has 0 amide bonds. The Labute approximate surface area is 202 Å². The van der Waals surface area contributed by atoms with Gasteiger partial charge in [0.05, 0.1) is 12.6 Å². The number of aryl methyl sites for hydroxylation is 2. The van der Waals surface area contributed by atoms with Crippen molar-refractivity contribution < 1.29 is 14.0 Å². The molecule has 2 N–H and O–H groups in total. The molecule has 0 radical (unpaired) electrons. The number of methoxy groups -OCH3 is 1. The minimum absolute atomic E-state index is 0.0163. The van der Waals surface area contributed by atoms with Gasteiger partial charge in [0.1, 0.15) is 11.5 Å². The fraction of sp³-hybridized carbons (Fsp3) is 0.375. The molecule has 1 atom stereocenters. The molecule has 35 heavy (non-hydrogen) atoms. The van der Waals surface area contributed by atoms with Crippen LogP contribution in [-0.2, 0) is 4.74 Å². The van der Waals surface area contributed by atoms with E-state index in [1.165, 1.54) is 0 Å². The standard InChI is InChI=1S/C24H28N8O3/c1-15-12-22(30-29-15)26-21-14-23(34-11-5-10-33-3)28-24(27-21)32-9-7-19(32)20-13-18(31-35-20)17-6-4-8-25-16(17)2/h4,6,8,12-14,19H,5,7,9-11H2,1-3H3,(H2,26,27,28,29,30)/t19-/m0/s1. The molecular weight excluding hydrogens is 448 g/mol. The third kappa shape index (κ3) is 5.09.